The van der Waals surface area contributed by atoms with Crippen LogP contribution in [0.3, 0.4) is 0 Å². The number of imide groups is 1. The number of allylic oxidation sites excluding steroid dienone is 2. The molecule has 6 atom stereocenters. The summed E-state index contributed by atoms with van der Waals surface area (Å²) in [7, 11) is 0. The van der Waals surface area contributed by atoms with Crippen molar-refractivity contribution < 1.29 is 19.1 Å². The van der Waals surface area contributed by atoms with Crippen LogP contribution in [-0.2, 0) is 25.7 Å². The number of rotatable bonds is 5. The van der Waals surface area contributed by atoms with Gasteiger partial charge in [-0.05, 0) is 50.0 Å². The van der Waals surface area contributed by atoms with Crippen molar-refractivity contribution in [2.24, 2.45) is 40.6 Å². The van der Waals surface area contributed by atoms with Gasteiger partial charge in [-0.25, -0.2) is 0 Å². The van der Waals surface area contributed by atoms with Crippen LogP contribution in [-0.4, -0.2) is 40.2 Å². The van der Waals surface area contributed by atoms with Crippen molar-refractivity contribution in [1.29, 1.82) is 0 Å². The second-order valence-electron chi connectivity index (χ2n) is 9.29. The molecule has 1 aromatic carbocycles. The molecule has 5 aliphatic rings. The molecule has 2 heterocycles. The molecule has 1 aromatic heterocycles. The van der Waals surface area contributed by atoms with E-state index in [1.54, 1.807) is 13.1 Å². The molecule has 7 heteroatoms. The summed E-state index contributed by atoms with van der Waals surface area (Å²) in [5.74, 6) is 0.317. The fourth-order valence-corrected chi connectivity index (χ4v) is 6.33. The van der Waals surface area contributed by atoms with E-state index in [4.69, 9.17) is 4.74 Å². The Balaban J connectivity index is 1.34. The Morgan fingerprint density at radius 1 is 1.12 bits per heavy atom. The molecular weight excluding hydrogens is 406 g/mol. The van der Waals surface area contributed by atoms with Crippen LogP contribution in [0.5, 0.6) is 0 Å². The second-order valence-corrected chi connectivity index (χ2v) is 9.29. The summed E-state index contributed by atoms with van der Waals surface area (Å²) in [5.41, 5.74) is 2.52. The average Bonchev–Trinajstić information content (AvgIpc) is 3.53. The number of hydrazone groups is 1. The van der Waals surface area contributed by atoms with Crippen LogP contribution in [0.15, 0.2) is 41.5 Å². The predicted molar refractivity (Wildman–Crippen MR) is 117 cm³/mol. The maximum absolute atomic E-state index is 13.2. The Morgan fingerprint density at radius 2 is 1.78 bits per heavy atom. The highest BCUT2D eigenvalue weighted by Crippen LogP contribution is 2.65. The number of carbonyl (C=O) groups is 3. The fourth-order valence-electron chi connectivity index (χ4n) is 6.33. The van der Waals surface area contributed by atoms with Gasteiger partial charge in [0.05, 0.1) is 24.7 Å². The van der Waals surface area contributed by atoms with Gasteiger partial charge in [0.2, 0.25) is 0 Å². The van der Waals surface area contributed by atoms with Crippen LogP contribution < -0.4 is 0 Å². The third kappa shape index (κ3) is 2.60. The van der Waals surface area contributed by atoms with E-state index in [1.165, 1.54) is 0 Å². The van der Waals surface area contributed by atoms with Gasteiger partial charge in [0.25, 0.3) is 11.8 Å². The number of carbonyl (C=O) groups excluding carboxylic acids is 3. The summed E-state index contributed by atoms with van der Waals surface area (Å²) in [6.45, 7) is 4.11. The molecule has 4 aliphatic carbocycles. The molecular formula is C25H25N3O4. The lowest BCUT2D eigenvalue weighted by Gasteiger charge is -2.37. The lowest BCUT2D eigenvalue weighted by Crippen LogP contribution is -2.40. The SMILES string of the molecule is CCOC(=O)Cn1c(C)c(/C=N/N2C(=O)C3C4C=CC(C5CC45)C3C2=O)c2ccccc21. The molecule has 2 saturated carbocycles. The summed E-state index contributed by atoms with van der Waals surface area (Å²) in [6, 6.07) is 7.73. The monoisotopic (exact) mass is 431 g/mol. The van der Waals surface area contributed by atoms with Crippen LogP contribution in [0.2, 0.25) is 0 Å². The highest BCUT2D eigenvalue weighted by Gasteiger charge is 2.67. The molecule has 1 aliphatic heterocycles. The summed E-state index contributed by atoms with van der Waals surface area (Å²) < 4.78 is 7.01. The highest BCUT2D eigenvalue weighted by molar-refractivity contribution is 6.08. The lowest BCUT2D eigenvalue weighted by atomic mass is 9.63. The quantitative estimate of drug-likeness (QED) is 0.316. The minimum absolute atomic E-state index is 0.0948. The third-order valence-electron chi connectivity index (χ3n) is 7.81. The van der Waals surface area contributed by atoms with Gasteiger partial charge in [0.1, 0.15) is 6.54 Å². The van der Waals surface area contributed by atoms with Crippen LogP contribution in [0.4, 0.5) is 0 Å². The van der Waals surface area contributed by atoms with Crippen LogP contribution in [0.1, 0.15) is 24.6 Å². The largest absolute Gasteiger partial charge is 0.465 e. The van der Waals surface area contributed by atoms with E-state index in [0.29, 0.717) is 18.4 Å². The van der Waals surface area contributed by atoms with Gasteiger partial charge in [0, 0.05) is 22.2 Å². The van der Waals surface area contributed by atoms with Crippen molar-refractivity contribution in [1.82, 2.24) is 9.58 Å². The summed E-state index contributed by atoms with van der Waals surface area (Å²) in [6.07, 6.45) is 7.05. The molecule has 2 amide bonds. The van der Waals surface area contributed by atoms with Crippen LogP contribution in [0.25, 0.3) is 10.9 Å². The first-order chi connectivity index (χ1) is 15.5. The van der Waals surface area contributed by atoms with Crippen molar-refractivity contribution in [2.75, 3.05) is 6.61 Å². The number of benzene rings is 1. The summed E-state index contributed by atoms with van der Waals surface area (Å²) in [4.78, 5) is 38.5. The number of esters is 1. The number of hydrogen-bond donors (Lipinski definition) is 0. The molecule has 0 spiro atoms. The van der Waals surface area contributed by atoms with Gasteiger partial charge in [0.15, 0.2) is 0 Å². The van der Waals surface area contributed by atoms with Crippen molar-refractivity contribution >= 4 is 34.9 Å². The van der Waals surface area contributed by atoms with Crippen molar-refractivity contribution in [3.63, 3.8) is 0 Å². The van der Waals surface area contributed by atoms with Crippen LogP contribution in [0, 0.1) is 42.4 Å². The zero-order chi connectivity index (χ0) is 22.1. The summed E-state index contributed by atoms with van der Waals surface area (Å²) >= 11 is 0. The minimum Gasteiger partial charge on any atom is -0.465 e. The Labute approximate surface area is 185 Å². The van der Waals surface area contributed by atoms with Gasteiger partial charge in [-0.3, -0.25) is 14.4 Å². The normalized spacial score (nSPS) is 32.1. The molecule has 3 fully saturated rings. The zero-order valence-corrected chi connectivity index (χ0v) is 18.1. The number of ether oxygens (including phenoxy) is 1. The molecule has 32 heavy (non-hydrogen) atoms. The Bertz CT molecular complexity index is 1190. The number of nitrogens with zero attached hydrogens (tertiary/aromatic N) is 3. The minimum atomic E-state index is -0.310. The molecule has 0 radical (unpaired) electrons. The molecule has 2 aromatic rings. The molecule has 0 N–H and O–H groups in total. The molecule has 1 saturated heterocycles. The highest BCUT2D eigenvalue weighted by atomic mass is 16.5. The number of hydrogen-bond acceptors (Lipinski definition) is 5. The Kier molecular flexibility index (Phi) is 4.19. The van der Waals surface area contributed by atoms with E-state index in [-0.39, 0.29) is 48.0 Å². The van der Waals surface area contributed by atoms with Gasteiger partial charge in [-0.15, -0.1) is 0 Å². The van der Waals surface area contributed by atoms with Crippen LogP contribution >= 0.6 is 0 Å². The number of amides is 2. The molecule has 7 nitrogen and oxygen atoms in total. The Morgan fingerprint density at radius 3 is 2.44 bits per heavy atom. The first-order valence-electron chi connectivity index (χ1n) is 11.3. The van der Waals surface area contributed by atoms with E-state index in [9.17, 15) is 14.4 Å². The van der Waals surface area contributed by atoms with E-state index >= 15 is 0 Å². The van der Waals surface area contributed by atoms with E-state index in [1.807, 2.05) is 35.8 Å². The Hall–Kier alpha value is -3.22. The third-order valence-corrected chi connectivity index (χ3v) is 7.81. The smallest absolute Gasteiger partial charge is 0.325 e. The molecule has 2 bridgehead atoms. The van der Waals surface area contributed by atoms with Crippen molar-refractivity contribution in [3.05, 3.63) is 47.7 Å². The predicted octanol–water partition coefficient (Wildman–Crippen LogP) is 2.90. The fraction of sp³-hybridized carbons (Fsp3) is 0.440. The topological polar surface area (TPSA) is 81.0 Å². The molecule has 7 rings (SSSR count). The average molecular weight is 431 g/mol. The first-order valence-corrected chi connectivity index (χ1v) is 11.3. The molecule has 6 unspecified atom stereocenters. The van der Waals surface area contributed by atoms with E-state index in [0.717, 1.165) is 33.6 Å². The van der Waals surface area contributed by atoms with Crippen molar-refractivity contribution in [3.8, 4) is 0 Å². The van der Waals surface area contributed by atoms with Gasteiger partial charge >= 0.3 is 5.97 Å². The van der Waals surface area contributed by atoms with Gasteiger partial charge in [-0.2, -0.15) is 10.1 Å². The van der Waals surface area contributed by atoms with Crippen molar-refractivity contribution in [2.45, 2.75) is 26.8 Å². The molecule has 164 valence electrons. The standard InChI is InChI=1S/C25H25N3O4/c1-3-32-21(29)12-27-13(2)19(14-6-4-5-7-20(14)27)11-26-28-24(30)22-15-8-9-16(18-10-17(15)18)23(22)25(28)31/h4-9,11,15-18,22-23H,3,10,12H2,1-2H3/b26-11+. The van der Waals surface area contributed by atoms with E-state index in [2.05, 4.69) is 17.3 Å². The number of fused-ring (bicyclic) bond motifs is 1. The summed E-state index contributed by atoms with van der Waals surface area (Å²) in [5, 5.41) is 6.42. The zero-order valence-electron chi connectivity index (χ0n) is 18.1. The first kappa shape index (κ1) is 19.5. The number of para-hydroxylation sites is 1. The lowest BCUT2D eigenvalue weighted by molar-refractivity contribution is -0.144. The van der Waals surface area contributed by atoms with E-state index < -0.39 is 0 Å². The maximum Gasteiger partial charge on any atom is 0.325 e. The van der Waals surface area contributed by atoms with Gasteiger partial charge in [-0.1, -0.05) is 30.4 Å². The van der Waals surface area contributed by atoms with Gasteiger partial charge < -0.3 is 9.30 Å². The maximum atomic E-state index is 13.2. The number of aromatic nitrogens is 1. The second kappa shape index (κ2) is 6.89.